The van der Waals surface area contributed by atoms with E-state index in [1.54, 1.807) is 6.92 Å². The van der Waals surface area contributed by atoms with E-state index in [2.05, 4.69) is 4.99 Å². The van der Waals surface area contributed by atoms with Crippen molar-refractivity contribution in [2.75, 3.05) is 6.54 Å². The van der Waals surface area contributed by atoms with Gasteiger partial charge in [0.25, 0.3) is 0 Å². The van der Waals surface area contributed by atoms with Gasteiger partial charge in [0.15, 0.2) is 0 Å². The summed E-state index contributed by atoms with van der Waals surface area (Å²) in [7, 11) is 0. The molecule has 0 aliphatic carbocycles. The van der Waals surface area contributed by atoms with Crippen molar-refractivity contribution in [3.05, 3.63) is 75.0 Å². The van der Waals surface area contributed by atoms with Crippen molar-refractivity contribution < 1.29 is 13.9 Å². The third-order valence-corrected chi connectivity index (χ3v) is 6.34. The van der Waals surface area contributed by atoms with E-state index in [-0.39, 0.29) is 21.8 Å². The van der Waals surface area contributed by atoms with Crippen molar-refractivity contribution in [1.82, 2.24) is 0 Å². The van der Waals surface area contributed by atoms with Crippen LogP contribution in [0.5, 0.6) is 5.75 Å². The van der Waals surface area contributed by atoms with E-state index < -0.39 is 5.63 Å². The average molecular weight is 416 g/mol. The molecule has 2 aromatic heterocycles. The second-order valence-electron chi connectivity index (χ2n) is 6.52. The van der Waals surface area contributed by atoms with Gasteiger partial charge < -0.3 is 13.9 Å². The second-order valence-corrected chi connectivity index (χ2v) is 8.34. The minimum Gasteiger partial charge on any atom is -0.507 e. The monoisotopic (exact) mass is 415 g/mol. The molecule has 2 unspecified atom stereocenters. The second kappa shape index (κ2) is 7.89. The Balaban J connectivity index is 1.64. The van der Waals surface area contributed by atoms with Crippen LogP contribution >= 0.6 is 23.4 Å². The minimum atomic E-state index is -0.526. The predicted molar refractivity (Wildman–Crippen MR) is 112 cm³/mol. The van der Waals surface area contributed by atoms with Crippen molar-refractivity contribution in [3.63, 3.8) is 0 Å². The lowest BCUT2D eigenvalue weighted by Gasteiger charge is -2.18. The lowest BCUT2D eigenvalue weighted by molar-refractivity contribution is 0.422. The zero-order chi connectivity index (χ0) is 19.7. The molecular formula is C21H18ClNO4S. The predicted octanol–water partition coefficient (Wildman–Crippen LogP) is 5.56. The number of aromatic hydroxyl groups is 1. The normalized spacial score (nSPS) is 19.5. The third kappa shape index (κ3) is 3.75. The van der Waals surface area contributed by atoms with Crippen LogP contribution in [0.25, 0.3) is 11.3 Å². The molecule has 144 valence electrons. The molecule has 2 atom stereocenters. The van der Waals surface area contributed by atoms with Gasteiger partial charge in [0.05, 0.1) is 27.6 Å². The molecule has 1 N–H and O–H groups in total. The van der Waals surface area contributed by atoms with Crippen molar-refractivity contribution in [1.29, 1.82) is 0 Å². The SMILES string of the molecule is Cc1cc(O)c(C2CN=CCC(c3ccc(-c4ccccc4Cl)o3)S2)c(=O)o1. The molecule has 1 aliphatic heterocycles. The van der Waals surface area contributed by atoms with Crippen molar-refractivity contribution in [2.45, 2.75) is 23.8 Å². The topological polar surface area (TPSA) is 75.9 Å². The maximum Gasteiger partial charge on any atom is 0.344 e. The highest BCUT2D eigenvalue weighted by molar-refractivity contribution is 7.99. The van der Waals surface area contributed by atoms with Gasteiger partial charge in [-0.3, -0.25) is 4.99 Å². The largest absolute Gasteiger partial charge is 0.507 e. The molecule has 0 fully saturated rings. The number of aryl methyl sites for hydroxylation is 1. The van der Waals surface area contributed by atoms with Crippen LogP contribution in [0.4, 0.5) is 0 Å². The molecule has 1 aliphatic rings. The van der Waals surface area contributed by atoms with E-state index in [0.717, 1.165) is 11.3 Å². The van der Waals surface area contributed by atoms with E-state index in [9.17, 15) is 9.90 Å². The molecule has 0 radical (unpaired) electrons. The van der Waals surface area contributed by atoms with Crippen LogP contribution in [0.15, 0.2) is 61.1 Å². The number of aliphatic imine (C=N–C) groups is 1. The van der Waals surface area contributed by atoms with Gasteiger partial charge >= 0.3 is 5.63 Å². The summed E-state index contributed by atoms with van der Waals surface area (Å²) in [5.74, 6) is 1.78. The number of hydrogen-bond donors (Lipinski definition) is 1. The summed E-state index contributed by atoms with van der Waals surface area (Å²) < 4.78 is 11.3. The summed E-state index contributed by atoms with van der Waals surface area (Å²) in [4.78, 5) is 16.7. The fraction of sp³-hybridized carbons (Fsp3) is 0.238. The molecular weight excluding hydrogens is 398 g/mol. The summed E-state index contributed by atoms with van der Waals surface area (Å²) in [6, 6.07) is 12.8. The highest BCUT2D eigenvalue weighted by Crippen LogP contribution is 2.46. The lowest BCUT2D eigenvalue weighted by atomic mass is 10.2. The molecule has 0 bridgehead atoms. The van der Waals surface area contributed by atoms with Gasteiger partial charge in [-0.15, -0.1) is 11.8 Å². The maximum absolute atomic E-state index is 12.3. The number of furan rings is 1. The molecule has 5 nitrogen and oxygen atoms in total. The molecule has 7 heteroatoms. The Morgan fingerprint density at radius 3 is 2.79 bits per heavy atom. The Morgan fingerprint density at radius 2 is 2.00 bits per heavy atom. The van der Waals surface area contributed by atoms with Gasteiger partial charge in [-0.05, 0) is 31.2 Å². The first-order valence-electron chi connectivity index (χ1n) is 8.85. The van der Waals surface area contributed by atoms with E-state index in [1.807, 2.05) is 42.6 Å². The van der Waals surface area contributed by atoms with Crippen LogP contribution in [0.2, 0.25) is 5.02 Å². The van der Waals surface area contributed by atoms with Gasteiger partial charge in [-0.25, -0.2) is 4.79 Å². The number of nitrogens with zero attached hydrogens (tertiary/aromatic N) is 1. The van der Waals surface area contributed by atoms with Crippen LogP contribution in [0, 0.1) is 6.92 Å². The van der Waals surface area contributed by atoms with E-state index >= 15 is 0 Å². The highest BCUT2D eigenvalue weighted by atomic mass is 35.5. The summed E-state index contributed by atoms with van der Waals surface area (Å²) >= 11 is 7.81. The Morgan fingerprint density at radius 1 is 1.18 bits per heavy atom. The Kier molecular flexibility index (Phi) is 5.33. The molecule has 1 aromatic carbocycles. The number of rotatable bonds is 3. The van der Waals surface area contributed by atoms with Crippen LogP contribution < -0.4 is 5.63 Å². The standard InChI is InChI=1S/C21H18ClNO4S/c1-12-10-15(24)20(21(25)26-12)19-11-23-9-8-18(28-19)17-7-6-16(27-17)13-4-2-3-5-14(13)22/h2-7,9-10,18-19,24H,8,11H2,1H3. The Bertz CT molecular complexity index is 1090. The highest BCUT2D eigenvalue weighted by Gasteiger charge is 2.29. The van der Waals surface area contributed by atoms with Gasteiger partial charge in [-0.1, -0.05) is 23.7 Å². The molecule has 3 heterocycles. The van der Waals surface area contributed by atoms with Gasteiger partial charge in [0.1, 0.15) is 23.0 Å². The van der Waals surface area contributed by atoms with Crippen molar-refractivity contribution in [2.24, 2.45) is 4.99 Å². The van der Waals surface area contributed by atoms with Gasteiger partial charge in [0, 0.05) is 24.3 Å². The van der Waals surface area contributed by atoms with Crippen LogP contribution in [-0.4, -0.2) is 17.9 Å². The number of hydrogen-bond acceptors (Lipinski definition) is 6. The number of thioether (sulfide) groups is 1. The Labute approximate surface area is 171 Å². The molecule has 28 heavy (non-hydrogen) atoms. The quantitative estimate of drug-likeness (QED) is 0.606. The van der Waals surface area contributed by atoms with E-state index in [4.69, 9.17) is 20.4 Å². The van der Waals surface area contributed by atoms with Gasteiger partial charge in [-0.2, -0.15) is 0 Å². The van der Waals surface area contributed by atoms with Crippen LogP contribution in [0.3, 0.4) is 0 Å². The van der Waals surface area contributed by atoms with E-state index in [0.29, 0.717) is 29.5 Å². The van der Waals surface area contributed by atoms with Crippen LogP contribution in [0.1, 0.15) is 34.0 Å². The molecule has 0 saturated heterocycles. The van der Waals surface area contributed by atoms with Crippen molar-refractivity contribution in [3.8, 4) is 17.1 Å². The molecule has 4 rings (SSSR count). The summed E-state index contributed by atoms with van der Waals surface area (Å²) in [6.07, 6.45) is 2.50. The molecule has 3 aromatic rings. The first-order valence-corrected chi connectivity index (χ1v) is 10.2. The first-order chi connectivity index (χ1) is 13.5. The smallest absolute Gasteiger partial charge is 0.344 e. The molecule has 0 spiro atoms. The van der Waals surface area contributed by atoms with Crippen LogP contribution in [-0.2, 0) is 0 Å². The fourth-order valence-corrected chi connectivity index (χ4v) is 4.82. The third-order valence-electron chi connectivity index (χ3n) is 4.54. The lowest BCUT2D eigenvalue weighted by Crippen LogP contribution is -2.14. The average Bonchev–Trinajstić information content (AvgIpc) is 3.01. The molecule has 0 amide bonds. The first kappa shape index (κ1) is 18.9. The zero-order valence-corrected chi connectivity index (χ0v) is 16.7. The minimum absolute atomic E-state index is 0.0485. The maximum atomic E-state index is 12.3. The Hall–Kier alpha value is -2.44. The van der Waals surface area contributed by atoms with E-state index in [1.165, 1.54) is 17.8 Å². The summed E-state index contributed by atoms with van der Waals surface area (Å²) in [5, 5.41) is 10.5. The molecule has 0 saturated carbocycles. The summed E-state index contributed by atoms with van der Waals surface area (Å²) in [6.45, 7) is 2.02. The van der Waals surface area contributed by atoms with Crippen molar-refractivity contribution >= 4 is 29.6 Å². The zero-order valence-electron chi connectivity index (χ0n) is 15.1. The number of benzene rings is 1. The fourth-order valence-electron chi connectivity index (χ4n) is 3.21. The number of halogens is 1. The van der Waals surface area contributed by atoms with Gasteiger partial charge in [0.2, 0.25) is 0 Å². The summed E-state index contributed by atoms with van der Waals surface area (Å²) in [5.41, 5.74) is 0.552.